The molecule has 0 radical (unpaired) electrons. The van der Waals surface area contributed by atoms with Crippen LogP contribution in [0.1, 0.15) is 35.7 Å². The van der Waals surface area contributed by atoms with E-state index >= 15 is 0 Å². The van der Waals surface area contributed by atoms with Crippen molar-refractivity contribution in [3.05, 3.63) is 46.5 Å². The van der Waals surface area contributed by atoms with Crippen LogP contribution in [-0.2, 0) is 6.42 Å². The molecule has 2 aliphatic rings. The third-order valence-electron chi connectivity index (χ3n) is 6.39. The number of piperidine rings is 1. The fourth-order valence-corrected chi connectivity index (χ4v) is 4.81. The molecule has 1 N–H and O–H groups in total. The lowest BCUT2D eigenvalue weighted by atomic mass is 9.87. The number of likely N-dealkylation sites (tertiary alicyclic amines) is 1. The molecule has 0 unspecified atom stereocenters. The van der Waals surface area contributed by atoms with Crippen LogP contribution in [0.25, 0.3) is 0 Å². The fraction of sp³-hybridized carbons (Fsp3) is 0.480. The second-order valence-electron chi connectivity index (χ2n) is 8.74. The molecule has 2 aromatic rings. The Morgan fingerprint density at radius 1 is 1.15 bits per heavy atom. The summed E-state index contributed by atoms with van der Waals surface area (Å²) in [7, 11) is 3.04. The van der Waals surface area contributed by atoms with Gasteiger partial charge in [0.05, 0.1) is 19.8 Å². The standard InChI is InChI=1S/C25H30ClNO6/c1-16(28)20-11-23(30-2)24(31-3)12-22(20)32-15-19(29)14-27-8-6-25(7-9-27)13-17-10-18(26)4-5-21(17)33-25/h4-5,10-12,19,29H,6-9,13-15H2,1-3H3/t19-/m0/s1. The molecular formula is C25H30ClNO6. The molecule has 1 saturated heterocycles. The van der Waals surface area contributed by atoms with E-state index in [1.54, 1.807) is 12.1 Å². The van der Waals surface area contributed by atoms with E-state index in [2.05, 4.69) is 4.90 Å². The van der Waals surface area contributed by atoms with Crippen LogP contribution in [0.15, 0.2) is 30.3 Å². The molecule has 1 atom stereocenters. The largest absolute Gasteiger partial charge is 0.493 e. The van der Waals surface area contributed by atoms with Gasteiger partial charge in [0.15, 0.2) is 17.3 Å². The van der Waals surface area contributed by atoms with E-state index in [1.165, 1.54) is 26.7 Å². The van der Waals surface area contributed by atoms with Crippen molar-refractivity contribution in [2.24, 2.45) is 0 Å². The summed E-state index contributed by atoms with van der Waals surface area (Å²) in [5.74, 6) is 2.06. The molecule has 7 nitrogen and oxygen atoms in total. The Balaban J connectivity index is 1.31. The molecule has 1 fully saturated rings. The summed E-state index contributed by atoms with van der Waals surface area (Å²) in [6.07, 6.45) is 1.94. The third kappa shape index (κ3) is 5.21. The summed E-state index contributed by atoms with van der Waals surface area (Å²) in [6, 6.07) is 9.01. The van der Waals surface area contributed by atoms with Crippen molar-refractivity contribution in [2.75, 3.05) is 40.5 Å². The predicted octanol–water partition coefficient (Wildman–Crippen LogP) is 3.77. The number of hydrogen-bond acceptors (Lipinski definition) is 7. The highest BCUT2D eigenvalue weighted by molar-refractivity contribution is 6.30. The molecule has 8 heteroatoms. The quantitative estimate of drug-likeness (QED) is 0.582. The molecule has 0 amide bonds. The number of fused-ring (bicyclic) bond motifs is 1. The van der Waals surface area contributed by atoms with Crippen LogP contribution in [0, 0.1) is 0 Å². The Kier molecular flexibility index (Phi) is 7.02. The number of aliphatic hydroxyl groups excluding tert-OH is 1. The number of Topliss-reactive ketones (excluding diaryl/α,β-unsaturated/α-hetero) is 1. The molecule has 0 saturated carbocycles. The van der Waals surface area contributed by atoms with Gasteiger partial charge in [0, 0.05) is 50.0 Å². The summed E-state index contributed by atoms with van der Waals surface area (Å²) in [4.78, 5) is 14.3. The number of ether oxygens (including phenoxy) is 4. The van der Waals surface area contributed by atoms with Gasteiger partial charge in [-0.3, -0.25) is 4.79 Å². The Hall–Kier alpha value is -2.48. The Morgan fingerprint density at radius 2 is 1.85 bits per heavy atom. The Morgan fingerprint density at radius 3 is 2.52 bits per heavy atom. The van der Waals surface area contributed by atoms with Gasteiger partial charge in [0.1, 0.15) is 29.8 Å². The number of rotatable bonds is 8. The lowest BCUT2D eigenvalue weighted by molar-refractivity contribution is -0.00200. The predicted molar refractivity (Wildman–Crippen MR) is 125 cm³/mol. The molecule has 1 spiro atoms. The number of nitrogens with zero attached hydrogens (tertiary/aromatic N) is 1. The number of carbonyl (C=O) groups excluding carboxylic acids is 1. The summed E-state index contributed by atoms with van der Waals surface area (Å²) in [5.41, 5.74) is 1.37. The zero-order chi connectivity index (χ0) is 23.6. The van der Waals surface area contributed by atoms with Crippen molar-refractivity contribution in [3.63, 3.8) is 0 Å². The van der Waals surface area contributed by atoms with E-state index < -0.39 is 6.10 Å². The Labute approximate surface area is 199 Å². The van der Waals surface area contributed by atoms with Gasteiger partial charge in [0.2, 0.25) is 0 Å². The van der Waals surface area contributed by atoms with Gasteiger partial charge >= 0.3 is 0 Å². The third-order valence-corrected chi connectivity index (χ3v) is 6.63. The van der Waals surface area contributed by atoms with Gasteiger partial charge in [-0.25, -0.2) is 0 Å². The van der Waals surface area contributed by atoms with Crippen molar-refractivity contribution >= 4 is 17.4 Å². The van der Waals surface area contributed by atoms with E-state index in [-0.39, 0.29) is 18.0 Å². The molecule has 2 aliphatic heterocycles. The average molecular weight is 476 g/mol. The monoisotopic (exact) mass is 475 g/mol. The number of aliphatic hydroxyl groups is 1. The maximum absolute atomic E-state index is 12.1. The average Bonchev–Trinajstić information content (AvgIpc) is 3.15. The molecular weight excluding hydrogens is 446 g/mol. The number of hydrogen-bond donors (Lipinski definition) is 1. The molecule has 178 valence electrons. The first kappa shape index (κ1) is 23.7. The normalized spacial score (nSPS) is 17.8. The highest BCUT2D eigenvalue weighted by atomic mass is 35.5. The topological polar surface area (TPSA) is 77.5 Å². The molecule has 0 aromatic heterocycles. The van der Waals surface area contributed by atoms with Crippen molar-refractivity contribution in [1.82, 2.24) is 4.90 Å². The molecule has 4 rings (SSSR count). The highest BCUT2D eigenvalue weighted by Crippen LogP contribution is 2.42. The fourth-order valence-electron chi connectivity index (χ4n) is 4.62. The molecule has 0 bridgehead atoms. The van der Waals surface area contributed by atoms with Crippen LogP contribution in [-0.4, -0.2) is 68.0 Å². The number of carbonyl (C=O) groups is 1. The molecule has 2 heterocycles. The van der Waals surface area contributed by atoms with Crippen LogP contribution in [0.3, 0.4) is 0 Å². The SMILES string of the molecule is COc1cc(OC[C@@H](O)CN2CCC3(CC2)Cc2cc(Cl)ccc2O3)c(C(C)=O)cc1OC. The summed E-state index contributed by atoms with van der Waals surface area (Å²) >= 11 is 6.13. The number of benzene rings is 2. The number of methoxy groups -OCH3 is 2. The van der Waals surface area contributed by atoms with E-state index in [9.17, 15) is 9.90 Å². The number of β-amino-alcohol motifs (C(OH)–C–C–N with tert-alkyl or cyclic N) is 1. The zero-order valence-electron chi connectivity index (χ0n) is 19.2. The summed E-state index contributed by atoms with van der Waals surface area (Å²) in [6.45, 7) is 3.67. The van der Waals surface area contributed by atoms with Crippen molar-refractivity contribution in [3.8, 4) is 23.0 Å². The lowest BCUT2D eigenvalue weighted by Crippen LogP contribution is -2.49. The smallest absolute Gasteiger partial charge is 0.164 e. The van der Waals surface area contributed by atoms with Gasteiger partial charge < -0.3 is 29.0 Å². The highest BCUT2D eigenvalue weighted by Gasteiger charge is 2.42. The minimum absolute atomic E-state index is 0.0673. The lowest BCUT2D eigenvalue weighted by Gasteiger charge is -2.39. The first-order chi connectivity index (χ1) is 15.8. The Bertz CT molecular complexity index is 1020. The zero-order valence-corrected chi connectivity index (χ0v) is 20.0. The van der Waals surface area contributed by atoms with Crippen LogP contribution in [0.2, 0.25) is 5.02 Å². The van der Waals surface area contributed by atoms with Crippen molar-refractivity contribution in [2.45, 2.75) is 37.9 Å². The van der Waals surface area contributed by atoms with Crippen LogP contribution < -0.4 is 18.9 Å². The molecule has 33 heavy (non-hydrogen) atoms. The molecule has 0 aliphatic carbocycles. The minimum Gasteiger partial charge on any atom is -0.493 e. The van der Waals surface area contributed by atoms with E-state index in [0.29, 0.717) is 29.4 Å². The van der Waals surface area contributed by atoms with Crippen molar-refractivity contribution in [1.29, 1.82) is 0 Å². The maximum atomic E-state index is 12.1. The first-order valence-electron chi connectivity index (χ1n) is 11.1. The summed E-state index contributed by atoms with van der Waals surface area (Å²) < 4.78 is 22.7. The number of ketones is 1. The van der Waals surface area contributed by atoms with Crippen molar-refractivity contribution < 1.29 is 28.8 Å². The van der Waals surface area contributed by atoms with Gasteiger partial charge in [-0.15, -0.1) is 0 Å². The number of halogens is 1. The van der Waals surface area contributed by atoms with Gasteiger partial charge in [-0.1, -0.05) is 11.6 Å². The van der Waals surface area contributed by atoms with Crippen LogP contribution >= 0.6 is 11.6 Å². The van der Waals surface area contributed by atoms with Gasteiger partial charge in [-0.2, -0.15) is 0 Å². The van der Waals surface area contributed by atoms with Gasteiger partial charge in [0.25, 0.3) is 0 Å². The minimum atomic E-state index is -0.701. The summed E-state index contributed by atoms with van der Waals surface area (Å²) in [5, 5.41) is 11.3. The molecule has 2 aromatic carbocycles. The first-order valence-corrected chi connectivity index (χ1v) is 11.5. The maximum Gasteiger partial charge on any atom is 0.164 e. The van der Waals surface area contributed by atoms with E-state index in [1.807, 2.05) is 18.2 Å². The second kappa shape index (κ2) is 9.79. The second-order valence-corrected chi connectivity index (χ2v) is 9.18. The van der Waals surface area contributed by atoms with E-state index in [0.717, 1.165) is 43.1 Å². The van der Waals surface area contributed by atoms with Gasteiger partial charge in [-0.05, 0) is 36.8 Å². The van der Waals surface area contributed by atoms with Crippen LogP contribution in [0.5, 0.6) is 23.0 Å². The van der Waals surface area contributed by atoms with E-state index in [4.69, 9.17) is 30.5 Å². The van der Waals surface area contributed by atoms with Crippen LogP contribution in [0.4, 0.5) is 0 Å².